The Balaban J connectivity index is 2.20. The van der Waals surface area contributed by atoms with Gasteiger partial charge >= 0.3 is 11.9 Å². The lowest BCUT2D eigenvalue weighted by atomic mass is 10.0. The Kier molecular flexibility index (Phi) is 18.4. The number of aromatic hydroxyl groups is 1. The maximum absolute atomic E-state index is 13.7. The van der Waals surface area contributed by atoms with Crippen LogP contribution in [0.5, 0.6) is 5.75 Å². The number of aliphatic carboxylic acids is 2. The van der Waals surface area contributed by atoms with Gasteiger partial charge in [0.05, 0.1) is 12.6 Å². The summed E-state index contributed by atoms with van der Waals surface area (Å²) in [6.07, 6.45) is -2.25. The molecule has 19 heteroatoms. The first-order valence-electron chi connectivity index (χ1n) is 17.8. The standard InChI is InChI=1S/C37H51N7O12/c1-19(2)31(36(54)40-20(3)32(50)42-25(37(55)56)14-15-29(48)49)44-34(52)27(17-23-10-12-24(46)13-11-23)41-28(47)18-39-33(51)26(16-22-8-6-5-7-9-22)43-35(53)30(38)21(4)45/h5-13,19-21,25-27,30-31,45-46H,14-18,38H2,1-4H3,(H,39,51)(H,40,54)(H,41,47)(H,42,50)(H,43,53)(H,44,52)(H,48,49)(H,55,56)/t20-,21+,25-,26-,27-,30-,31-/m0/s1. The number of phenolic OH excluding ortho intramolecular Hbond substituents is 1. The van der Waals surface area contributed by atoms with E-state index in [1.54, 1.807) is 44.2 Å². The molecule has 2 aromatic rings. The van der Waals surface area contributed by atoms with E-state index in [2.05, 4.69) is 31.9 Å². The second-order valence-corrected chi connectivity index (χ2v) is 13.5. The summed E-state index contributed by atoms with van der Waals surface area (Å²) < 4.78 is 0. The summed E-state index contributed by atoms with van der Waals surface area (Å²) in [5.74, 6) is -8.31. The fourth-order valence-corrected chi connectivity index (χ4v) is 5.14. The van der Waals surface area contributed by atoms with Crippen molar-refractivity contribution in [3.63, 3.8) is 0 Å². The van der Waals surface area contributed by atoms with Gasteiger partial charge in [-0.05, 0) is 49.4 Å². The molecule has 7 atom stereocenters. The van der Waals surface area contributed by atoms with Gasteiger partial charge in [-0.3, -0.25) is 33.6 Å². The highest BCUT2D eigenvalue weighted by Gasteiger charge is 2.32. The summed E-state index contributed by atoms with van der Waals surface area (Å²) in [7, 11) is 0. The maximum atomic E-state index is 13.7. The number of hydrogen-bond donors (Lipinski definition) is 11. The quantitative estimate of drug-likeness (QED) is 0.0620. The van der Waals surface area contributed by atoms with Gasteiger partial charge in [0.25, 0.3) is 0 Å². The van der Waals surface area contributed by atoms with Gasteiger partial charge in [0.1, 0.15) is 42.0 Å². The summed E-state index contributed by atoms with van der Waals surface area (Å²) in [5, 5.41) is 52.3. The first kappa shape index (κ1) is 46.1. The number of carbonyl (C=O) groups is 8. The first-order valence-corrected chi connectivity index (χ1v) is 17.8. The lowest BCUT2D eigenvalue weighted by Gasteiger charge is -2.27. The van der Waals surface area contributed by atoms with E-state index < -0.39 is 115 Å². The average molecular weight is 786 g/mol. The van der Waals surface area contributed by atoms with E-state index in [1.807, 2.05) is 0 Å². The topological polar surface area (TPSA) is 316 Å². The van der Waals surface area contributed by atoms with Gasteiger partial charge in [-0.1, -0.05) is 56.3 Å². The molecule has 0 aliphatic carbocycles. The number of amides is 6. The van der Waals surface area contributed by atoms with Crippen molar-refractivity contribution in [2.45, 2.75) is 95.7 Å². The molecule has 0 saturated carbocycles. The number of benzene rings is 2. The van der Waals surface area contributed by atoms with E-state index in [0.717, 1.165) is 0 Å². The summed E-state index contributed by atoms with van der Waals surface area (Å²) in [6, 6.07) is 6.43. The summed E-state index contributed by atoms with van der Waals surface area (Å²) in [5.41, 5.74) is 6.92. The van der Waals surface area contributed by atoms with Crippen LogP contribution in [0.15, 0.2) is 54.6 Å². The number of carbonyl (C=O) groups excluding carboxylic acids is 6. The van der Waals surface area contributed by atoms with Gasteiger partial charge in [-0.25, -0.2) is 4.79 Å². The van der Waals surface area contributed by atoms with Crippen molar-refractivity contribution in [3.8, 4) is 5.75 Å². The van der Waals surface area contributed by atoms with Crippen LogP contribution in [0.1, 0.15) is 51.7 Å². The summed E-state index contributed by atoms with van der Waals surface area (Å²) in [6.45, 7) is 5.13. The molecular formula is C37H51N7O12. The fourth-order valence-electron chi connectivity index (χ4n) is 5.14. The minimum atomic E-state index is -1.53. The molecule has 0 radical (unpaired) electrons. The Morgan fingerprint density at radius 1 is 0.643 bits per heavy atom. The molecule has 0 fully saturated rings. The van der Waals surface area contributed by atoms with Crippen LogP contribution in [0.4, 0.5) is 0 Å². The van der Waals surface area contributed by atoms with Gasteiger partial charge in [0.15, 0.2) is 0 Å². The fraction of sp³-hybridized carbons (Fsp3) is 0.459. The average Bonchev–Trinajstić information content (AvgIpc) is 3.14. The minimum absolute atomic E-state index is 0.0161. The van der Waals surface area contributed by atoms with E-state index in [4.69, 9.17) is 10.8 Å². The van der Waals surface area contributed by atoms with Gasteiger partial charge in [0, 0.05) is 19.3 Å². The number of carboxylic acids is 2. The van der Waals surface area contributed by atoms with Crippen molar-refractivity contribution < 1.29 is 58.8 Å². The molecular weight excluding hydrogens is 734 g/mol. The van der Waals surface area contributed by atoms with E-state index >= 15 is 0 Å². The molecule has 56 heavy (non-hydrogen) atoms. The van der Waals surface area contributed by atoms with Crippen LogP contribution in [-0.2, 0) is 51.2 Å². The molecule has 12 N–H and O–H groups in total. The molecule has 0 heterocycles. The van der Waals surface area contributed by atoms with Crippen molar-refractivity contribution in [1.29, 1.82) is 0 Å². The number of rotatable bonds is 22. The summed E-state index contributed by atoms with van der Waals surface area (Å²) >= 11 is 0. The lowest BCUT2D eigenvalue weighted by molar-refractivity contribution is -0.143. The van der Waals surface area contributed by atoms with Crippen LogP contribution in [0.25, 0.3) is 0 Å². The van der Waals surface area contributed by atoms with Gasteiger partial charge in [0.2, 0.25) is 35.4 Å². The van der Waals surface area contributed by atoms with E-state index in [0.29, 0.717) is 11.1 Å². The maximum Gasteiger partial charge on any atom is 0.326 e. The molecule has 0 unspecified atom stereocenters. The third-order valence-corrected chi connectivity index (χ3v) is 8.45. The lowest BCUT2D eigenvalue weighted by Crippen LogP contribution is -2.59. The molecule has 0 bridgehead atoms. The second-order valence-electron chi connectivity index (χ2n) is 13.5. The zero-order valence-corrected chi connectivity index (χ0v) is 31.5. The van der Waals surface area contributed by atoms with Crippen LogP contribution < -0.4 is 37.6 Å². The number of carboxylic acid groups (broad SMARTS) is 2. The zero-order valence-electron chi connectivity index (χ0n) is 31.5. The van der Waals surface area contributed by atoms with Crippen molar-refractivity contribution in [1.82, 2.24) is 31.9 Å². The Hall–Kier alpha value is -6.08. The molecule has 306 valence electrons. The molecule has 2 aromatic carbocycles. The third-order valence-electron chi connectivity index (χ3n) is 8.45. The van der Waals surface area contributed by atoms with E-state index in [9.17, 15) is 53.7 Å². The number of hydrogen-bond acceptors (Lipinski definition) is 11. The van der Waals surface area contributed by atoms with E-state index in [1.165, 1.54) is 38.1 Å². The number of aliphatic hydroxyl groups is 1. The Labute approximate surface area is 323 Å². The molecule has 0 aliphatic heterocycles. The largest absolute Gasteiger partial charge is 0.508 e. The summed E-state index contributed by atoms with van der Waals surface area (Å²) in [4.78, 5) is 101. The monoisotopic (exact) mass is 785 g/mol. The van der Waals surface area contributed by atoms with Crippen LogP contribution >= 0.6 is 0 Å². The highest BCUT2D eigenvalue weighted by atomic mass is 16.4. The third kappa shape index (κ3) is 15.7. The molecule has 0 aliphatic rings. The van der Waals surface area contributed by atoms with Crippen molar-refractivity contribution in [2.24, 2.45) is 11.7 Å². The smallest absolute Gasteiger partial charge is 0.326 e. The highest BCUT2D eigenvalue weighted by molar-refractivity contribution is 5.96. The molecule has 0 saturated heterocycles. The number of aliphatic hydroxyl groups excluding tert-OH is 1. The zero-order chi connectivity index (χ0) is 42.1. The predicted octanol–water partition coefficient (Wildman–Crippen LogP) is -1.95. The molecule has 0 aromatic heterocycles. The Morgan fingerprint density at radius 2 is 1.20 bits per heavy atom. The molecule has 2 rings (SSSR count). The Bertz CT molecular complexity index is 1690. The van der Waals surface area contributed by atoms with Crippen molar-refractivity contribution in [3.05, 3.63) is 65.7 Å². The van der Waals surface area contributed by atoms with Crippen molar-refractivity contribution >= 4 is 47.4 Å². The van der Waals surface area contributed by atoms with Crippen LogP contribution in [0, 0.1) is 5.92 Å². The van der Waals surface area contributed by atoms with Gasteiger partial charge in [-0.2, -0.15) is 0 Å². The second kappa shape index (κ2) is 22.3. The van der Waals surface area contributed by atoms with Crippen molar-refractivity contribution in [2.75, 3.05) is 6.54 Å². The van der Waals surface area contributed by atoms with Crippen LogP contribution in [-0.4, -0.2) is 117 Å². The van der Waals surface area contributed by atoms with E-state index in [-0.39, 0.29) is 18.6 Å². The molecule has 19 nitrogen and oxygen atoms in total. The molecule has 6 amide bonds. The first-order chi connectivity index (χ1) is 26.3. The molecule has 0 spiro atoms. The number of nitrogens with one attached hydrogen (secondary N) is 6. The normalized spacial score (nSPS) is 14.7. The predicted molar refractivity (Wildman–Crippen MR) is 199 cm³/mol. The van der Waals surface area contributed by atoms with Gasteiger partial charge < -0.3 is 58.1 Å². The van der Waals surface area contributed by atoms with Crippen LogP contribution in [0.2, 0.25) is 0 Å². The van der Waals surface area contributed by atoms with Gasteiger partial charge in [-0.15, -0.1) is 0 Å². The highest BCUT2D eigenvalue weighted by Crippen LogP contribution is 2.13. The minimum Gasteiger partial charge on any atom is -0.508 e. The SMILES string of the molecule is CC(C)[C@H](NC(=O)[C@H](Cc1ccc(O)cc1)NC(=O)CNC(=O)[C@H](Cc1ccccc1)NC(=O)[C@@H](N)[C@@H](C)O)C(=O)N[C@@H](C)C(=O)N[C@@H](CCC(=O)O)C(=O)O. The number of nitrogens with two attached hydrogens (primary N) is 1. The van der Waals surface area contributed by atoms with Crippen LogP contribution in [0.3, 0.4) is 0 Å². The number of phenols is 1. The Morgan fingerprint density at radius 3 is 1.73 bits per heavy atom.